The molecule has 8 heavy (non-hydrogen) atoms. The van der Waals surface area contributed by atoms with Crippen LogP contribution in [0.1, 0.15) is 6.92 Å². The molecule has 0 heterocycles. The topological polar surface area (TPSA) is 26.0 Å². The Bertz CT molecular complexity index is 102. The normalized spacial score (nSPS) is 14.2. The van der Waals surface area contributed by atoms with E-state index in [1.807, 2.05) is 0 Å². The van der Waals surface area contributed by atoms with Crippen LogP contribution in [0.2, 0.25) is 0 Å². The average Bonchev–Trinajstić information content (AvgIpc) is 1.62. The predicted molar refractivity (Wildman–Crippen MR) is 24.0 cm³/mol. The van der Waals surface area contributed by atoms with Gasteiger partial charge in [-0.05, 0) is 6.92 Å². The molecule has 0 spiro atoms. The van der Waals surface area contributed by atoms with Crippen molar-refractivity contribution in [3.8, 4) is 0 Å². The molecule has 2 N–H and O–H groups in total. The fourth-order valence-corrected chi connectivity index (χ4v) is 0.164. The van der Waals surface area contributed by atoms with Crippen LogP contribution < -0.4 is 5.73 Å². The molecule has 0 aliphatic rings. The summed E-state index contributed by atoms with van der Waals surface area (Å²) in [5, 5.41) is 0. The number of halogens is 3. The van der Waals surface area contributed by atoms with Crippen LogP contribution in [0.15, 0.2) is 11.8 Å². The van der Waals surface area contributed by atoms with E-state index < -0.39 is 11.9 Å². The Morgan fingerprint density at radius 3 is 1.88 bits per heavy atom. The summed E-state index contributed by atoms with van der Waals surface area (Å²) in [7, 11) is 0. The summed E-state index contributed by atoms with van der Waals surface area (Å²) in [6.07, 6.45) is -3.53. The molecule has 0 rings (SSSR count). The van der Waals surface area contributed by atoms with Crippen LogP contribution in [-0.2, 0) is 0 Å². The first-order valence-electron chi connectivity index (χ1n) is 1.97. The second-order valence-electron chi connectivity index (χ2n) is 1.24. The molecule has 0 aliphatic heterocycles. The highest BCUT2D eigenvalue weighted by Gasteiger charge is 2.30. The SMILES string of the molecule is CC=C(N)C(F)(F)F. The zero-order valence-corrected chi connectivity index (χ0v) is 4.29. The van der Waals surface area contributed by atoms with Gasteiger partial charge in [-0.25, -0.2) is 0 Å². The van der Waals surface area contributed by atoms with E-state index in [1.54, 1.807) is 0 Å². The predicted octanol–water partition coefficient (Wildman–Crippen LogP) is 1.41. The summed E-state index contributed by atoms with van der Waals surface area (Å²) in [4.78, 5) is 0. The lowest BCUT2D eigenvalue weighted by Crippen LogP contribution is -2.18. The van der Waals surface area contributed by atoms with Gasteiger partial charge in [0.1, 0.15) is 5.70 Å². The second kappa shape index (κ2) is 2.07. The van der Waals surface area contributed by atoms with E-state index in [0.29, 0.717) is 0 Å². The van der Waals surface area contributed by atoms with Gasteiger partial charge in [0.05, 0.1) is 0 Å². The zero-order valence-electron chi connectivity index (χ0n) is 4.29. The van der Waals surface area contributed by atoms with Crippen LogP contribution in [0, 0.1) is 0 Å². The molecule has 0 aromatic heterocycles. The molecule has 0 fully saturated rings. The van der Waals surface area contributed by atoms with Gasteiger partial charge in [-0.3, -0.25) is 0 Å². The van der Waals surface area contributed by atoms with Crippen molar-refractivity contribution in [3.05, 3.63) is 11.8 Å². The third-order valence-electron chi connectivity index (χ3n) is 0.638. The van der Waals surface area contributed by atoms with E-state index in [2.05, 4.69) is 5.73 Å². The van der Waals surface area contributed by atoms with Crippen LogP contribution in [0.4, 0.5) is 13.2 Å². The van der Waals surface area contributed by atoms with E-state index in [0.717, 1.165) is 6.08 Å². The second-order valence-corrected chi connectivity index (χ2v) is 1.24. The number of alkyl halides is 3. The van der Waals surface area contributed by atoms with Crippen molar-refractivity contribution in [1.82, 2.24) is 0 Å². The molecule has 4 heteroatoms. The van der Waals surface area contributed by atoms with Crippen molar-refractivity contribution in [2.45, 2.75) is 13.1 Å². The minimum absolute atomic E-state index is 0.819. The summed E-state index contributed by atoms with van der Waals surface area (Å²) >= 11 is 0. The summed E-state index contributed by atoms with van der Waals surface area (Å²) < 4.78 is 33.8. The molecule has 0 bridgehead atoms. The minimum atomic E-state index is -4.35. The van der Waals surface area contributed by atoms with Crippen LogP contribution >= 0.6 is 0 Å². The number of hydrogen-bond donors (Lipinski definition) is 1. The quantitative estimate of drug-likeness (QED) is 0.520. The zero-order chi connectivity index (χ0) is 6.78. The third-order valence-corrected chi connectivity index (χ3v) is 0.638. The van der Waals surface area contributed by atoms with Gasteiger partial charge in [0.2, 0.25) is 0 Å². The van der Waals surface area contributed by atoms with Crippen molar-refractivity contribution >= 4 is 0 Å². The molecule has 0 aromatic carbocycles. The first kappa shape index (κ1) is 7.33. The first-order valence-corrected chi connectivity index (χ1v) is 1.97. The van der Waals surface area contributed by atoms with Crippen molar-refractivity contribution < 1.29 is 13.2 Å². The molecule has 0 amide bonds. The largest absolute Gasteiger partial charge is 0.430 e. The summed E-state index contributed by atoms with van der Waals surface area (Å²) in [5.74, 6) is 0. The van der Waals surface area contributed by atoms with Gasteiger partial charge in [0.15, 0.2) is 0 Å². The molecule has 0 radical (unpaired) electrons. The van der Waals surface area contributed by atoms with Gasteiger partial charge in [0.25, 0.3) is 0 Å². The van der Waals surface area contributed by atoms with Crippen molar-refractivity contribution in [3.63, 3.8) is 0 Å². The average molecular weight is 125 g/mol. The maximum absolute atomic E-state index is 11.3. The van der Waals surface area contributed by atoms with Crippen molar-refractivity contribution in [2.75, 3.05) is 0 Å². The fourth-order valence-electron chi connectivity index (χ4n) is 0.164. The van der Waals surface area contributed by atoms with Crippen LogP contribution in [0.5, 0.6) is 0 Å². The Kier molecular flexibility index (Phi) is 1.89. The molecule has 0 saturated carbocycles. The summed E-state index contributed by atoms with van der Waals surface area (Å²) in [6.45, 7) is 1.24. The Hall–Kier alpha value is -0.670. The maximum atomic E-state index is 11.3. The van der Waals surface area contributed by atoms with E-state index in [9.17, 15) is 13.2 Å². The highest BCUT2D eigenvalue weighted by atomic mass is 19.4. The third kappa shape index (κ3) is 1.86. The molecule has 48 valence electrons. The molecule has 0 aliphatic carbocycles. The van der Waals surface area contributed by atoms with Gasteiger partial charge in [-0.1, -0.05) is 6.08 Å². The Morgan fingerprint density at radius 2 is 1.88 bits per heavy atom. The standard InChI is InChI=1S/C4H6F3N/c1-2-3(8)4(5,6)7/h2H,8H2,1H3. The number of rotatable bonds is 0. The van der Waals surface area contributed by atoms with E-state index in [-0.39, 0.29) is 0 Å². The molecule has 0 unspecified atom stereocenters. The fraction of sp³-hybridized carbons (Fsp3) is 0.500. The van der Waals surface area contributed by atoms with Gasteiger partial charge >= 0.3 is 6.18 Å². The summed E-state index contributed by atoms with van der Waals surface area (Å²) in [5.41, 5.74) is 3.44. The number of allylic oxidation sites excluding steroid dienone is 2. The lowest BCUT2D eigenvalue weighted by molar-refractivity contribution is -0.0927. The van der Waals surface area contributed by atoms with Gasteiger partial charge < -0.3 is 5.73 Å². The Balaban J connectivity index is 4.03. The maximum Gasteiger partial charge on any atom is 0.430 e. The highest BCUT2D eigenvalue weighted by molar-refractivity contribution is 5.01. The van der Waals surface area contributed by atoms with Gasteiger partial charge in [-0.15, -0.1) is 0 Å². The Morgan fingerprint density at radius 1 is 1.50 bits per heavy atom. The number of hydrogen-bond acceptors (Lipinski definition) is 1. The summed E-state index contributed by atoms with van der Waals surface area (Å²) in [6, 6.07) is 0. The first-order chi connectivity index (χ1) is 3.48. The van der Waals surface area contributed by atoms with Gasteiger partial charge in [0, 0.05) is 0 Å². The van der Waals surface area contributed by atoms with Crippen molar-refractivity contribution in [2.24, 2.45) is 5.73 Å². The molecule has 0 saturated heterocycles. The molecule has 1 nitrogen and oxygen atoms in total. The highest BCUT2D eigenvalue weighted by Crippen LogP contribution is 2.20. The molecular weight excluding hydrogens is 119 g/mol. The van der Waals surface area contributed by atoms with E-state index in [1.165, 1.54) is 6.92 Å². The van der Waals surface area contributed by atoms with E-state index >= 15 is 0 Å². The van der Waals surface area contributed by atoms with Crippen molar-refractivity contribution in [1.29, 1.82) is 0 Å². The van der Waals surface area contributed by atoms with Gasteiger partial charge in [-0.2, -0.15) is 13.2 Å². The van der Waals surface area contributed by atoms with E-state index in [4.69, 9.17) is 0 Å². The van der Waals surface area contributed by atoms with Crippen LogP contribution in [0.25, 0.3) is 0 Å². The van der Waals surface area contributed by atoms with Crippen LogP contribution in [-0.4, -0.2) is 6.18 Å². The lowest BCUT2D eigenvalue weighted by Gasteiger charge is -2.03. The molecule has 0 aromatic rings. The lowest BCUT2D eigenvalue weighted by atomic mass is 10.4. The molecular formula is C4H6F3N. The smallest absolute Gasteiger partial charge is 0.395 e. The monoisotopic (exact) mass is 125 g/mol. The van der Waals surface area contributed by atoms with Crippen LogP contribution in [0.3, 0.4) is 0 Å². The Labute approximate surface area is 45.0 Å². The molecule has 0 atom stereocenters. The minimum Gasteiger partial charge on any atom is -0.395 e. The number of nitrogens with two attached hydrogens (primary N) is 1.